The van der Waals surface area contributed by atoms with Crippen LogP contribution in [-0.4, -0.2) is 0 Å². The van der Waals surface area contributed by atoms with Gasteiger partial charge in [0.25, 0.3) is 0 Å². The average molecular weight is 330 g/mol. The first-order valence-corrected chi connectivity index (χ1v) is 9.71. The number of rotatable bonds is 5. The third-order valence-electron chi connectivity index (χ3n) is 3.99. The molecule has 0 nitrogen and oxygen atoms in total. The normalized spacial score (nSPS) is 10.6. The van der Waals surface area contributed by atoms with Crippen molar-refractivity contribution in [3.8, 4) is 0 Å². The van der Waals surface area contributed by atoms with Gasteiger partial charge in [0.05, 0.1) is 0 Å². The van der Waals surface area contributed by atoms with Crippen LogP contribution in [0, 0.1) is 0 Å². The molecule has 3 aromatic rings. The Morgan fingerprint density at radius 1 is 0.708 bits per heavy atom. The van der Waals surface area contributed by atoms with E-state index in [1.54, 1.807) is 0 Å². The molecule has 0 heterocycles. The fourth-order valence-electron chi connectivity index (χ4n) is 2.80. The van der Waals surface area contributed by atoms with E-state index in [0.29, 0.717) is 0 Å². The molecule has 0 radical (unpaired) electrons. The van der Waals surface area contributed by atoms with E-state index >= 15 is 0 Å². The molecule has 0 saturated heterocycles. The first-order chi connectivity index (χ1) is 11.8. The van der Waals surface area contributed by atoms with Crippen molar-refractivity contribution in [2.75, 3.05) is 0 Å². The lowest BCUT2D eigenvalue weighted by molar-refractivity contribution is 1.23. The van der Waals surface area contributed by atoms with Gasteiger partial charge in [-0.2, -0.15) is 0 Å². The summed E-state index contributed by atoms with van der Waals surface area (Å²) < 4.78 is 0. The van der Waals surface area contributed by atoms with Crippen molar-refractivity contribution in [1.29, 1.82) is 0 Å². The highest BCUT2D eigenvalue weighted by molar-refractivity contribution is 7.79. The summed E-state index contributed by atoms with van der Waals surface area (Å²) in [7, 11) is -0.527. The zero-order valence-corrected chi connectivity index (χ0v) is 15.2. The van der Waals surface area contributed by atoms with Gasteiger partial charge in [-0.05, 0) is 49.7 Å². The van der Waals surface area contributed by atoms with Gasteiger partial charge >= 0.3 is 0 Å². The Morgan fingerprint density at radius 3 is 1.75 bits per heavy atom. The molecule has 0 bridgehead atoms. The van der Waals surface area contributed by atoms with Crippen LogP contribution in [-0.2, 0) is 6.42 Å². The summed E-state index contributed by atoms with van der Waals surface area (Å²) in [6.45, 7) is 4.33. The Kier molecular flexibility index (Phi) is 5.62. The molecule has 120 valence electrons. The Hall–Kier alpha value is -2.17. The third-order valence-corrected chi connectivity index (χ3v) is 6.54. The summed E-state index contributed by atoms with van der Waals surface area (Å²) in [5.74, 6) is 0. The van der Waals surface area contributed by atoms with Gasteiger partial charge in [0.15, 0.2) is 0 Å². The molecular formula is C23H23P. The lowest BCUT2D eigenvalue weighted by Gasteiger charge is -2.22. The Bertz CT molecular complexity index is 760. The average Bonchev–Trinajstić information content (AvgIpc) is 2.63. The van der Waals surface area contributed by atoms with Crippen LogP contribution < -0.4 is 15.9 Å². The molecule has 0 aliphatic carbocycles. The molecule has 0 unspecified atom stereocenters. The van der Waals surface area contributed by atoms with Crippen LogP contribution in [0.3, 0.4) is 0 Å². The van der Waals surface area contributed by atoms with Crippen LogP contribution in [0.25, 0.3) is 0 Å². The fourth-order valence-corrected chi connectivity index (χ4v) is 5.28. The van der Waals surface area contributed by atoms with Crippen LogP contribution in [0.2, 0.25) is 0 Å². The van der Waals surface area contributed by atoms with Gasteiger partial charge in [0.1, 0.15) is 0 Å². The van der Waals surface area contributed by atoms with Crippen molar-refractivity contribution in [1.82, 2.24) is 0 Å². The second-order valence-corrected chi connectivity index (χ2v) is 8.31. The zero-order chi connectivity index (χ0) is 16.8. The van der Waals surface area contributed by atoms with Crippen LogP contribution in [0.1, 0.15) is 19.4 Å². The molecule has 24 heavy (non-hydrogen) atoms. The van der Waals surface area contributed by atoms with E-state index in [-0.39, 0.29) is 0 Å². The predicted molar refractivity (Wildman–Crippen MR) is 108 cm³/mol. The summed E-state index contributed by atoms with van der Waals surface area (Å²) in [5.41, 5.74) is 2.80. The highest BCUT2D eigenvalue weighted by Crippen LogP contribution is 2.34. The van der Waals surface area contributed by atoms with E-state index in [2.05, 4.69) is 105 Å². The van der Waals surface area contributed by atoms with E-state index in [1.807, 2.05) is 0 Å². The number of allylic oxidation sites excluding steroid dienone is 2. The van der Waals surface area contributed by atoms with E-state index in [4.69, 9.17) is 0 Å². The summed E-state index contributed by atoms with van der Waals surface area (Å²) in [6.07, 6.45) is 3.32. The van der Waals surface area contributed by atoms with E-state index < -0.39 is 7.92 Å². The first kappa shape index (κ1) is 16.7. The maximum Gasteiger partial charge on any atom is -0.00884 e. The second kappa shape index (κ2) is 8.08. The van der Waals surface area contributed by atoms with Crippen molar-refractivity contribution >= 4 is 23.8 Å². The van der Waals surface area contributed by atoms with Gasteiger partial charge in [0.2, 0.25) is 0 Å². The van der Waals surface area contributed by atoms with Crippen LogP contribution >= 0.6 is 7.92 Å². The van der Waals surface area contributed by atoms with Gasteiger partial charge in [-0.25, -0.2) is 0 Å². The highest BCUT2D eigenvalue weighted by atomic mass is 31.1. The van der Waals surface area contributed by atoms with Crippen molar-refractivity contribution < 1.29 is 0 Å². The Morgan fingerprint density at radius 2 is 1.21 bits per heavy atom. The van der Waals surface area contributed by atoms with Gasteiger partial charge in [-0.3, -0.25) is 0 Å². The van der Waals surface area contributed by atoms with Crippen molar-refractivity contribution in [2.24, 2.45) is 0 Å². The standard InChI is InChI=1S/C23H23P/c1-19(2)17-18-20-11-9-10-16-23(20)24(21-12-5-3-6-13-21)22-14-7-4-8-15-22/h3-17H,18H2,1-2H3. The number of hydrogen-bond donors (Lipinski definition) is 0. The lowest BCUT2D eigenvalue weighted by Crippen LogP contribution is -2.23. The smallest absolute Gasteiger partial charge is 0.00884 e. The van der Waals surface area contributed by atoms with Crippen molar-refractivity contribution in [2.45, 2.75) is 20.3 Å². The molecule has 0 amide bonds. The van der Waals surface area contributed by atoms with Gasteiger partial charge < -0.3 is 0 Å². The molecule has 0 saturated carbocycles. The lowest BCUT2D eigenvalue weighted by atomic mass is 10.1. The number of benzene rings is 3. The Labute approximate surface area is 146 Å². The molecule has 0 atom stereocenters. The minimum absolute atomic E-state index is 0.527. The molecule has 0 spiro atoms. The van der Waals surface area contributed by atoms with Crippen LogP contribution in [0.4, 0.5) is 0 Å². The Balaban J connectivity index is 2.12. The molecular weight excluding hydrogens is 307 g/mol. The topological polar surface area (TPSA) is 0 Å². The molecule has 0 aliphatic rings. The van der Waals surface area contributed by atoms with E-state index in [0.717, 1.165) is 6.42 Å². The molecule has 0 N–H and O–H groups in total. The van der Waals surface area contributed by atoms with Gasteiger partial charge in [-0.15, -0.1) is 0 Å². The molecule has 1 heteroatoms. The molecule has 3 aromatic carbocycles. The minimum atomic E-state index is -0.527. The van der Waals surface area contributed by atoms with Gasteiger partial charge in [-0.1, -0.05) is 96.6 Å². The van der Waals surface area contributed by atoms with Crippen molar-refractivity contribution in [3.63, 3.8) is 0 Å². The summed E-state index contributed by atoms with van der Waals surface area (Å²) in [6, 6.07) is 30.7. The van der Waals surface area contributed by atoms with Gasteiger partial charge in [0, 0.05) is 0 Å². The molecule has 0 aliphatic heterocycles. The van der Waals surface area contributed by atoms with Crippen LogP contribution in [0.5, 0.6) is 0 Å². The fraction of sp³-hybridized carbons (Fsp3) is 0.130. The summed E-state index contributed by atoms with van der Waals surface area (Å²) in [4.78, 5) is 0. The molecule has 3 rings (SSSR count). The van der Waals surface area contributed by atoms with E-state index in [1.165, 1.54) is 27.1 Å². The third kappa shape index (κ3) is 4.02. The minimum Gasteiger partial charge on any atom is -0.0815 e. The first-order valence-electron chi connectivity index (χ1n) is 8.37. The monoisotopic (exact) mass is 330 g/mol. The van der Waals surface area contributed by atoms with E-state index in [9.17, 15) is 0 Å². The quantitative estimate of drug-likeness (QED) is 0.458. The number of hydrogen-bond acceptors (Lipinski definition) is 0. The predicted octanol–water partition coefficient (Wildman–Crippen LogP) is 4.95. The van der Waals surface area contributed by atoms with Crippen LogP contribution in [0.15, 0.2) is 96.6 Å². The summed E-state index contributed by atoms with van der Waals surface area (Å²) >= 11 is 0. The van der Waals surface area contributed by atoms with Crippen molar-refractivity contribution in [3.05, 3.63) is 102 Å². The second-order valence-electron chi connectivity index (χ2n) is 6.12. The summed E-state index contributed by atoms with van der Waals surface area (Å²) in [5, 5.41) is 4.27. The maximum atomic E-state index is 2.32. The maximum absolute atomic E-state index is 2.32. The zero-order valence-electron chi connectivity index (χ0n) is 14.3. The SMILES string of the molecule is CC(C)=CCc1ccccc1P(c1ccccc1)c1ccccc1. The highest BCUT2D eigenvalue weighted by Gasteiger charge is 2.18. The molecule has 0 aromatic heterocycles. The largest absolute Gasteiger partial charge is 0.0815 e. The molecule has 0 fully saturated rings.